The average molecular weight is 258 g/mol. The van der Waals surface area contributed by atoms with Gasteiger partial charge in [-0.1, -0.05) is 27.7 Å². The van der Waals surface area contributed by atoms with Crippen LogP contribution < -0.4 is 0 Å². The van der Waals surface area contributed by atoms with Crippen LogP contribution in [0.1, 0.15) is 34.1 Å². The Hall–Kier alpha value is -0.323. The van der Waals surface area contributed by atoms with Crippen LogP contribution in [0.25, 0.3) is 0 Å². The Kier molecular flexibility index (Phi) is 4.44. The lowest BCUT2D eigenvalue weighted by molar-refractivity contribution is -0.0590. The largest absolute Gasteiger partial charge is 0.495 e. The van der Waals surface area contributed by atoms with Gasteiger partial charge in [0.15, 0.2) is 8.32 Å². The molecule has 0 bridgehead atoms. The first-order valence-corrected chi connectivity index (χ1v) is 9.28. The van der Waals surface area contributed by atoms with Crippen LogP contribution in [0.2, 0.25) is 18.1 Å². The highest BCUT2D eigenvalue weighted by Crippen LogP contribution is 2.38. The highest BCUT2D eigenvalue weighted by molar-refractivity contribution is 6.74. The van der Waals surface area contributed by atoms with Crippen LogP contribution in [0.15, 0.2) is 12.3 Å². The summed E-state index contributed by atoms with van der Waals surface area (Å²) in [5.41, 5.74) is 0. The van der Waals surface area contributed by atoms with Crippen molar-refractivity contribution in [2.45, 2.75) is 70.6 Å². The second kappa shape index (κ2) is 5.12. The number of aliphatic hydroxyl groups is 1. The Morgan fingerprint density at radius 2 is 1.94 bits per heavy atom. The van der Waals surface area contributed by atoms with E-state index < -0.39 is 14.4 Å². The van der Waals surface area contributed by atoms with E-state index in [1.54, 1.807) is 6.26 Å². The molecule has 1 aliphatic rings. The molecule has 0 unspecified atom stereocenters. The molecular weight excluding hydrogens is 232 g/mol. The van der Waals surface area contributed by atoms with Gasteiger partial charge in [0.05, 0.1) is 12.4 Å². The van der Waals surface area contributed by atoms with Crippen LogP contribution in [-0.2, 0) is 9.16 Å². The molecule has 1 heterocycles. The number of aliphatic hydroxyl groups excluding tert-OH is 1. The van der Waals surface area contributed by atoms with E-state index in [9.17, 15) is 5.11 Å². The van der Waals surface area contributed by atoms with Gasteiger partial charge in [0.1, 0.15) is 12.2 Å². The van der Waals surface area contributed by atoms with Crippen LogP contribution in [0, 0.1) is 0 Å². The molecule has 17 heavy (non-hydrogen) atoms. The number of ether oxygens (including phenoxy) is 1. The monoisotopic (exact) mass is 258 g/mol. The topological polar surface area (TPSA) is 38.7 Å². The first-order valence-electron chi connectivity index (χ1n) is 6.37. The Balaban J connectivity index is 2.75. The van der Waals surface area contributed by atoms with Crippen molar-refractivity contribution in [1.29, 1.82) is 0 Å². The molecule has 1 aliphatic heterocycles. The Morgan fingerprint density at radius 3 is 2.41 bits per heavy atom. The van der Waals surface area contributed by atoms with E-state index in [0.29, 0.717) is 0 Å². The maximum Gasteiger partial charge on any atom is 0.193 e. The summed E-state index contributed by atoms with van der Waals surface area (Å²) in [4.78, 5) is 0. The summed E-state index contributed by atoms with van der Waals surface area (Å²) < 4.78 is 11.6. The molecule has 0 radical (unpaired) electrons. The normalized spacial score (nSPS) is 30.2. The molecule has 0 amide bonds. The van der Waals surface area contributed by atoms with Crippen LogP contribution >= 0.6 is 0 Å². The zero-order chi connectivity index (χ0) is 13.3. The lowest BCUT2D eigenvalue weighted by Gasteiger charge is -2.41. The molecule has 3 atom stereocenters. The molecule has 1 N–H and O–H groups in total. The summed E-state index contributed by atoms with van der Waals surface area (Å²) in [7, 11) is -1.84. The average Bonchev–Trinajstić information content (AvgIpc) is 2.19. The van der Waals surface area contributed by atoms with Crippen molar-refractivity contribution in [3.05, 3.63) is 12.3 Å². The molecule has 3 nitrogen and oxygen atoms in total. The quantitative estimate of drug-likeness (QED) is 0.791. The highest BCUT2D eigenvalue weighted by Gasteiger charge is 2.42. The number of hydrogen-bond acceptors (Lipinski definition) is 3. The SMILES string of the molecule is CC[C@H]1OC=C[C@H](O[Si](C)(C)C(C)(C)C)[C@H]1O. The van der Waals surface area contributed by atoms with Gasteiger partial charge in [-0.3, -0.25) is 0 Å². The van der Waals surface area contributed by atoms with E-state index >= 15 is 0 Å². The Bertz CT molecular complexity index is 281. The first kappa shape index (κ1) is 14.7. The zero-order valence-corrected chi connectivity index (χ0v) is 12.9. The smallest absolute Gasteiger partial charge is 0.193 e. The molecule has 0 aromatic carbocycles. The molecule has 0 saturated carbocycles. The molecule has 0 fully saturated rings. The fourth-order valence-electron chi connectivity index (χ4n) is 1.59. The summed E-state index contributed by atoms with van der Waals surface area (Å²) in [6.07, 6.45) is 3.36. The van der Waals surface area contributed by atoms with Gasteiger partial charge in [-0.15, -0.1) is 0 Å². The van der Waals surface area contributed by atoms with Gasteiger partial charge < -0.3 is 14.3 Å². The zero-order valence-electron chi connectivity index (χ0n) is 11.9. The maximum atomic E-state index is 10.2. The van der Waals surface area contributed by atoms with Crippen molar-refractivity contribution in [3.8, 4) is 0 Å². The molecule has 1 rings (SSSR count). The van der Waals surface area contributed by atoms with E-state index in [1.165, 1.54) is 0 Å². The Morgan fingerprint density at radius 1 is 1.35 bits per heavy atom. The fraction of sp³-hybridized carbons (Fsp3) is 0.846. The van der Waals surface area contributed by atoms with Gasteiger partial charge in [0.2, 0.25) is 0 Å². The summed E-state index contributed by atoms with van der Waals surface area (Å²) >= 11 is 0. The first-order chi connectivity index (χ1) is 7.69. The Labute approximate surface area is 106 Å². The van der Waals surface area contributed by atoms with E-state index in [1.807, 2.05) is 13.0 Å². The molecule has 0 saturated heterocycles. The van der Waals surface area contributed by atoms with Crippen molar-refractivity contribution in [3.63, 3.8) is 0 Å². The molecule has 0 aromatic heterocycles. The van der Waals surface area contributed by atoms with Gasteiger partial charge in [-0.25, -0.2) is 0 Å². The van der Waals surface area contributed by atoms with Crippen LogP contribution in [0.3, 0.4) is 0 Å². The van der Waals surface area contributed by atoms with Gasteiger partial charge in [0, 0.05) is 0 Å². The summed E-state index contributed by atoms with van der Waals surface area (Å²) in [6.45, 7) is 13.0. The highest BCUT2D eigenvalue weighted by atomic mass is 28.4. The second-order valence-electron chi connectivity index (χ2n) is 6.24. The van der Waals surface area contributed by atoms with Gasteiger partial charge in [-0.2, -0.15) is 0 Å². The van der Waals surface area contributed by atoms with Crippen molar-refractivity contribution in [2.75, 3.05) is 0 Å². The number of hydrogen-bond donors (Lipinski definition) is 1. The molecule has 0 aromatic rings. The standard InChI is InChI=1S/C13H26O3Si/c1-7-10-12(14)11(8-9-15-10)16-17(5,6)13(2,3)4/h8-12,14H,7H2,1-6H3/t10-,11+,12+/m1/s1. The molecule has 0 spiro atoms. The van der Waals surface area contributed by atoms with Crippen molar-refractivity contribution < 1.29 is 14.3 Å². The fourth-order valence-corrected chi connectivity index (χ4v) is 2.85. The molecule has 0 aliphatic carbocycles. The third kappa shape index (κ3) is 3.33. The van der Waals surface area contributed by atoms with Crippen LogP contribution in [0.4, 0.5) is 0 Å². The van der Waals surface area contributed by atoms with Crippen molar-refractivity contribution in [1.82, 2.24) is 0 Å². The van der Waals surface area contributed by atoms with Gasteiger partial charge in [-0.05, 0) is 30.6 Å². The van der Waals surface area contributed by atoms with Crippen molar-refractivity contribution in [2.24, 2.45) is 0 Å². The van der Waals surface area contributed by atoms with Crippen LogP contribution in [-0.4, -0.2) is 31.7 Å². The maximum absolute atomic E-state index is 10.2. The summed E-state index contributed by atoms with van der Waals surface area (Å²) in [5.74, 6) is 0. The van der Waals surface area contributed by atoms with Crippen LogP contribution in [0.5, 0.6) is 0 Å². The third-order valence-electron chi connectivity index (χ3n) is 3.88. The molecule has 4 heteroatoms. The minimum atomic E-state index is -1.84. The third-order valence-corrected chi connectivity index (χ3v) is 8.35. The predicted molar refractivity (Wildman–Crippen MR) is 72.4 cm³/mol. The van der Waals surface area contributed by atoms with Gasteiger partial charge in [0.25, 0.3) is 0 Å². The minimum Gasteiger partial charge on any atom is -0.495 e. The lowest BCUT2D eigenvalue weighted by atomic mass is 10.0. The number of rotatable bonds is 3. The predicted octanol–water partition coefficient (Wildman–Crippen LogP) is 3.06. The molecule has 100 valence electrons. The summed E-state index contributed by atoms with van der Waals surface area (Å²) in [6, 6.07) is 0. The molecular formula is C13H26O3Si. The van der Waals surface area contributed by atoms with Crippen molar-refractivity contribution >= 4 is 8.32 Å². The van der Waals surface area contributed by atoms with Gasteiger partial charge >= 0.3 is 0 Å². The lowest BCUT2D eigenvalue weighted by Crippen LogP contribution is -2.50. The van der Waals surface area contributed by atoms with E-state index in [-0.39, 0.29) is 17.2 Å². The van der Waals surface area contributed by atoms with E-state index in [0.717, 1.165) is 6.42 Å². The van der Waals surface area contributed by atoms with E-state index in [4.69, 9.17) is 9.16 Å². The van der Waals surface area contributed by atoms with E-state index in [2.05, 4.69) is 33.9 Å². The second-order valence-corrected chi connectivity index (χ2v) is 11.0. The minimum absolute atomic E-state index is 0.144. The summed E-state index contributed by atoms with van der Waals surface area (Å²) in [5, 5.41) is 10.3.